The van der Waals surface area contributed by atoms with Gasteiger partial charge in [0.25, 0.3) is 0 Å². The van der Waals surface area contributed by atoms with Gasteiger partial charge >= 0.3 is 0 Å². The molecule has 2 heterocycles. The molecule has 7 heteroatoms. The third kappa shape index (κ3) is 4.33. The quantitative estimate of drug-likeness (QED) is 0.689. The number of nitrogens with zero attached hydrogens (tertiary/aromatic N) is 4. The Morgan fingerprint density at radius 2 is 2.04 bits per heavy atom. The summed E-state index contributed by atoms with van der Waals surface area (Å²) in [6, 6.07) is 9.72. The number of hydrogen-bond acceptors (Lipinski definition) is 4. The normalized spacial score (nSPS) is 11.9. The van der Waals surface area contributed by atoms with Gasteiger partial charge in [0, 0.05) is 23.8 Å². The number of halogens is 1. The molecule has 1 aromatic carbocycles. The zero-order valence-electron chi connectivity index (χ0n) is 15.2. The number of ether oxygens (including phenoxy) is 1. The summed E-state index contributed by atoms with van der Waals surface area (Å²) in [7, 11) is 1.88. The molecule has 0 aliphatic heterocycles. The second kappa shape index (κ2) is 7.61. The first-order chi connectivity index (χ1) is 12.4. The van der Waals surface area contributed by atoms with Crippen LogP contribution in [0.25, 0.3) is 11.3 Å². The van der Waals surface area contributed by atoms with E-state index in [0.29, 0.717) is 18.2 Å². The molecule has 138 valence electrons. The van der Waals surface area contributed by atoms with Crippen molar-refractivity contribution in [3.8, 4) is 11.3 Å². The Balaban J connectivity index is 1.92. The minimum atomic E-state index is -0.610. The maximum atomic E-state index is 9.36. The van der Waals surface area contributed by atoms with Crippen LogP contribution in [0.4, 0.5) is 0 Å². The second-order valence-electron chi connectivity index (χ2n) is 6.88. The Bertz CT molecular complexity index is 885. The summed E-state index contributed by atoms with van der Waals surface area (Å²) in [5, 5.41) is 19.0. The van der Waals surface area contributed by atoms with Gasteiger partial charge < -0.3 is 9.84 Å². The molecule has 26 heavy (non-hydrogen) atoms. The van der Waals surface area contributed by atoms with Crippen LogP contribution in [0.2, 0.25) is 5.02 Å². The van der Waals surface area contributed by atoms with Crippen LogP contribution in [0.15, 0.2) is 42.7 Å². The molecule has 0 aliphatic rings. The average Bonchev–Trinajstić information content (AvgIpc) is 3.21. The minimum absolute atomic E-state index is 0.0528. The van der Waals surface area contributed by atoms with Crippen molar-refractivity contribution in [2.75, 3.05) is 6.61 Å². The van der Waals surface area contributed by atoms with Crippen molar-refractivity contribution < 1.29 is 9.84 Å². The predicted molar refractivity (Wildman–Crippen MR) is 101 cm³/mol. The lowest BCUT2D eigenvalue weighted by Crippen LogP contribution is -2.28. The Hall–Kier alpha value is -2.15. The summed E-state index contributed by atoms with van der Waals surface area (Å²) < 4.78 is 9.44. The zero-order valence-corrected chi connectivity index (χ0v) is 15.9. The Morgan fingerprint density at radius 1 is 1.27 bits per heavy atom. The summed E-state index contributed by atoms with van der Waals surface area (Å²) in [5.41, 5.74) is 3.09. The van der Waals surface area contributed by atoms with E-state index in [-0.39, 0.29) is 6.61 Å². The zero-order chi connectivity index (χ0) is 18.7. The summed E-state index contributed by atoms with van der Waals surface area (Å²) in [4.78, 5) is 0. The minimum Gasteiger partial charge on any atom is -0.393 e. The first-order valence-electron chi connectivity index (χ1n) is 8.42. The molecule has 0 fully saturated rings. The molecule has 0 unspecified atom stereocenters. The average molecular weight is 375 g/mol. The maximum Gasteiger partial charge on any atom is 0.0915 e. The van der Waals surface area contributed by atoms with Gasteiger partial charge in [-0.25, -0.2) is 0 Å². The molecule has 0 atom stereocenters. The third-order valence-electron chi connectivity index (χ3n) is 4.10. The highest BCUT2D eigenvalue weighted by Gasteiger charge is 2.19. The van der Waals surface area contributed by atoms with Crippen molar-refractivity contribution in [2.45, 2.75) is 32.6 Å². The first kappa shape index (κ1) is 18.6. The number of aliphatic hydroxyl groups is 1. The van der Waals surface area contributed by atoms with Crippen molar-refractivity contribution in [1.82, 2.24) is 19.6 Å². The van der Waals surface area contributed by atoms with Crippen molar-refractivity contribution >= 4 is 11.6 Å². The van der Waals surface area contributed by atoms with E-state index in [1.807, 2.05) is 68.3 Å². The molecule has 0 amide bonds. The monoisotopic (exact) mass is 374 g/mol. The van der Waals surface area contributed by atoms with E-state index in [4.69, 9.17) is 16.3 Å². The van der Waals surface area contributed by atoms with Crippen LogP contribution in [0.5, 0.6) is 0 Å². The SMILES string of the molecule is Cn1cc(-c2cc(COC(C)(C)CO)nn2Cc2ccccc2Cl)cn1. The van der Waals surface area contributed by atoms with Gasteiger partial charge in [0.2, 0.25) is 0 Å². The van der Waals surface area contributed by atoms with E-state index < -0.39 is 5.60 Å². The highest BCUT2D eigenvalue weighted by Crippen LogP contribution is 2.24. The fourth-order valence-electron chi connectivity index (χ4n) is 2.55. The van der Waals surface area contributed by atoms with Gasteiger partial charge in [0.1, 0.15) is 0 Å². The molecule has 0 bridgehead atoms. The van der Waals surface area contributed by atoms with Crippen molar-refractivity contribution in [3.63, 3.8) is 0 Å². The highest BCUT2D eigenvalue weighted by atomic mass is 35.5. The van der Waals surface area contributed by atoms with Gasteiger partial charge in [-0.05, 0) is 31.5 Å². The summed E-state index contributed by atoms with van der Waals surface area (Å²) in [6.45, 7) is 4.50. The van der Waals surface area contributed by atoms with Gasteiger partial charge in [-0.15, -0.1) is 0 Å². The lowest BCUT2D eigenvalue weighted by Gasteiger charge is -2.21. The Kier molecular flexibility index (Phi) is 5.46. The van der Waals surface area contributed by atoms with Gasteiger partial charge in [0.15, 0.2) is 0 Å². The highest BCUT2D eigenvalue weighted by molar-refractivity contribution is 6.31. The molecule has 0 aliphatic carbocycles. The molecule has 2 aromatic heterocycles. The van der Waals surface area contributed by atoms with E-state index in [2.05, 4.69) is 10.2 Å². The smallest absolute Gasteiger partial charge is 0.0915 e. The van der Waals surface area contributed by atoms with Crippen molar-refractivity contribution in [2.24, 2.45) is 7.05 Å². The third-order valence-corrected chi connectivity index (χ3v) is 4.47. The van der Waals surface area contributed by atoms with Crippen LogP contribution >= 0.6 is 11.6 Å². The van der Waals surface area contributed by atoms with E-state index >= 15 is 0 Å². The predicted octanol–water partition coefficient (Wildman–Crippen LogP) is 3.27. The number of aromatic nitrogens is 4. The number of hydrogen-bond donors (Lipinski definition) is 1. The molecule has 0 saturated carbocycles. The second-order valence-corrected chi connectivity index (χ2v) is 7.29. The molecular weight excluding hydrogens is 352 g/mol. The van der Waals surface area contributed by atoms with Gasteiger partial charge in [-0.1, -0.05) is 29.8 Å². The van der Waals surface area contributed by atoms with Crippen molar-refractivity contribution in [1.29, 1.82) is 0 Å². The molecule has 3 aromatic rings. The topological polar surface area (TPSA) is 65.1 Å². The lowest BCUT2D eigenvalue weighted by atomic mass is 10.1. The molecule has 3 rings (SSSR count). The number of rotatable bonds is 7. The van der Waals surface area contributed by atoms with E-state index in [9.17, 15) is 5.11 Å². The van der Waals surface area contributed by atoms with Crippen LogP contribution in [0.1, 0.15) is 25.1 Å². The summed E-state index contributed by atoms with van der Waals surface area (Å²) in [6.07, 6.45) is 3.75. The Labute approximate surface area is 158 Å². The van der Waals surface area contributed by atoms with Gasteiger partial charge in [0.05, 0.1) is 42.9 Å². The van der Waals surface area contributed by atoms with E-state index in [1.54, 1.807) is 4.68 Å². The van der Waals surface area contributed by atoms with Crippen molar-refractivity contribution in [3.05, 3.63) is 59.0 Å². The molecule has 0 saturated heterocycles. The number of aryl methyl sites for hydroxylation is 1. The van der Waals surface area contributed by atoms with Crippen LogP contribution in [0, 0.1) is 0 Å². The summed E-state index contributed by atoms with van der Waals surface area (Å²) >= 11 is 6.31. The standard InChI is InChI=1S/C19H23ClN4O2/c1-19(2,13-25)26-12-16-8-18(15-9-21-23(3)10-15)24(22-16)11-14-6-4-5-7-17(14)20/h4-10,25H,11-13H2,1-3H3. The van der Waals surface area contributed by atoms with E-state index in [1.165, 1.54) is 0 Å². The fourth-order valence-corrected chi connectivity index (χ4v) is 2.75. The fraction of sp³-hybridized carbons (Fsp3) is 0.368. The lowest BCUT2D eigenvalue weighted by molar-refractivity contribution is -0.0645. The van der Waals surface area contributed by atoms with Crippen LogP contribution in [0.3, 0.4) is 0 Å². The number of benzene rings is 1. The molecular formula is C19H23ClN4O2. The van der Waals surface area contributed by atoms with Crippen LogP contribution in [-0.4, -0.2) is 36.9 Å². The Morgan fingerprint density at radius 3 is 2.69 bits per heavy atom. The molecule has 1 N–H and O–H groups in total. The molecule has 0 spiro atoms. The summed E-state index contributed by atoms with van der Waals surface area (Å²) in [5.74, 6) is 0. The first-order valence-corrected chi connectivity index (χ1v) is 8.80. The van der Waals surface area contributed by atoms with E-state index in [0.717, 1.165) is 22.5 Å². The van der Waals surface area contributed by atoms with Crippen LogP contribution < -0.4 is 0 Å². The van der Waals surface area contributed by atoms with Gasteiger partial charge in [-0.2, -0.15) is 10.2 Å². The molecule has 6 nitrogen and oxygen atoms in total. The number of aliphatic hydroxyl groups excluding tert-OH is 1. The largest absolute Gasteiger partial charge is 0.393 e. The molecule has 0 radical (unpaired) electrons. The maximum absolute atomic E-state index is 9.36. The van der Waals surface area contributed by atoms with Gasteiger partial charge in [-0.3, -0.25) is 9.36 Å². The van der Waals surface area contributed by atoms with Crippen LogP contribution in [-0.2, 0) is 24.9 Å².